The summed E-state index contributed by atoms with van der Waals surface area (Å²) in [7, 11) is -3.35. The van der Waals surface area contributed by atoms with Crippen molar-refractivity contribution < 1.29 is 27.9 Å². The van der Waals surface area contributed by atoms with Gasteiger partial charge in [0, 0.05) is 26.4 Å². The minimum absolute atomic E-state index is 0.0100. The fraction of sp³-hybridized carbons (Fsp3) is 0.786. The highest BCUT2D eigenvalue weighted by Gasteiger charge is 2.26. The van der Waals surface area contributed by atoms with Crippen LogP contribution in [0, 0.1) is 5.92 Å². The molecule has 0 spiro atoms. The van der Waals surface area contributed by atoms with E-state index in [9.17, 15) is 22.8 Å². The van der Waals surface area contributed by atoms with E-state index in [1.54, 1.807) is 13.8 Å². The quantitative estimate of drug-likeness (QED) is 0.567. The van der Waals surface area contributed by atoms with Gasteiger partial charge in [-0.1, -0.05) is 13.8 Å². The predicted molar refractivity (Wildman–Crippen MR) is 85.6 cm³/mol. The van der Waals surface area contributed by atoms with E-state index >= 15 is 0 Å². The summed E-state index contributed by atoms with van der Waals surface area (Å²) < 4.78 is 23.7. The van der Waals surface area contributed by atoms with Crippen LogP contribution >= 0.6 is 0 Å². The van der Waals surface area contributed by atoms with Crippen LogP contribution in [0.2, 0.25) is 0 Å². The Morgan fingerprint density at radius 1 is 1.17 bits per heavy atom. The molecule has 0 radical (unpaired) electrons. The molecule has 0 aliphatic carbocycles. The lowest BCUT2D eigenvalue weighted by molar-refractivity contribution is -0.149. The third kappa shape index (κ3) is 9.17. The van der Waals surface area contributed by atoms with E-state index in [-0.39, 0.29) is 42.8 Å². The van der Waals surface area contributed by atoms with Gasteiger partial charge in [-0.2, -0.15) is 0 Å². The third-order valence-electron chi connectivity index (χ3n) is 3.09. The number of nitrogens with zero attached hydrogens (tertiary/aromatic N) is 1. The monoisotopic (exact) mass is 350 g/mol. The maximum Gasteiger partial charge on any atom is 0.326 e. The van der Waals surface area contributed by atoms with Crippen LogP contribution in [0.4, 0.5) is 0 Å². The molecule has 0 saturated heterocycles. The van der Waals surface area contributed by atoms with E-state index in [1.165, 1.54) is 13.8 Å². The number of amides is 2. The van der Waals surface area contributed by atoms with Crippen LogP contribution in [-0.4, -0.2) is 66.8 Å². The smallest absolute Gasteiger partial charge is 0.326 e. The van der Waals surface area contributed by atoms with Crippen LogP contribution in [0.1, 0.15) is 34.1 Å². The van der Waals surface area contributed by atoms with Crippen molar-refractivity contribution in [3.8, 4) is 0 Å². The maximum atomic E-state index is 12.2. The number of hydrogen-bond acceptors (Lipinski definition) is 5. The molecule has 0 rings (SSSR count). The Labute approximate surface area is 137 Å². The summed E-state index contributed by atoms with van der Waals surface area (Å²) in [6.07, 6.45) is -0.271. The van der Waals surface area contributed by atoms with Crippen molar-refractivity contribution in [2.24, 2.45) is 5.92 Å². The van der Waals surface area contributed by atoms with Crippen molar-refractivity contribution in [3.05, 3.63) is 0 Å². The van der Waals surface area contributed by atoms with Gasteiger partial charge >= 0.3 is 5.97 Å². The van der Waals surface area contributed by atoms with Gasteiger partial charge in [-0.25, -0.2) is 13.2 Å². The van der Waals surface area contributed by atoms with Crippen LogP contribution in [-0.2, 0) is 24.2 Å². The van der Waals surface area contributed by atoms with E-state index in [0.29, 0.717) is 0 Å². The van der Waals surface area contributed by atoms with Gasteiger partial charge in [0.2, 0.25) is 11.8 Å². The van der Waals surface area contributed by atoms with E-state index < -0.39 is 27.8 Å². The Hall–Kier alpha value is -1.64. The first-order chi connectivity index (χ1) is 10.5. The van der Waals surface area contributed by atoms with Crippen LogP contribution in [0.3, 0.4) is 0 Å². The highest BCUT2D eigenvalue weighted by molar-refractivity contribution is 7.91. The number of sulfone groups is 1. The fourth-order valence-corrected chi connectivity index (χ4v) is 3.67. The lowest BCUT2D eigenvalue weighted by Gasteiger charge is -2.26. The third-order valence-corrected chi connectivity index (χ3v) is 5.09. The van der Waals surface area contributed by atoms with Gasteiger partial charge in [-0.15, -0.1) is 0 Å². The highest BCUT2D eigenvalue weighted by atomic mass is 32.2. The van der Waals surface area contributed by atoms with Crippen molar-refractivity contribution >= 4 is 27.6 Å². The van der Waals surface area contributed by atoms with Crippen molar-refractivity contribution in [2.75, 3.05) is 24.6 Å². The van der Waals surface area contributed by atoms with Gasteiger partial charge in [0.25, 0.3) is 0 Å². The molecule has 2 N–H and O–H groups in total. The molecular weight excluding hydrogens is 324 g/mol. The SMILES string of the molecule is CC(=O)NCCN(C(=O)CCS(=O)(=O)CC(C)C)C(C)C(=O)O. The molecule has 0 bridgehead atoms. The average Bonchev–Trinajstić information content (AvgIpc) is 2.38. The van der Waals surface area contributed by atoms with Gasteiger partial charge in [0.05, 0.1) is 11.5 Å². The first-order valence-corrected chi connectivity index (χ1v) is 9.25. The molecular formula is C14H26N2O6S. The molecule has 2 amide bonds. The van der Waals surface area contributed by atoms with Gasteiger partial charge < -0.3 is 15.3 Å². The molecule has 0 aliphatic rings. The van der Waals surface area contributed by atoms with E-state index in [4.69, 9.17) is 5.11 Å². The summed E-state index contributed by atoms with van der Waals surface area (Å²) in [4.78, 5) is 35.2. The van der Waals surface area contributed by atoms with Gasteiger partial charge in [-0.05, 0) is 12.8 Å². The summed E-state index contributed by atoms with van der Waals surface area (Å²) in [5.74, 6) is -2.40. The van der Waals surface area contributed by atoms with Crippen molar-refractivity contribution in [1.82, 2.24) is 10.2 Å². The van der Waals surface area contributed by atoms with Crippen molar-refractivity contribution in [1.29, 1.82) is 0 Å². The molecule has 0 saturated carbocycles. The highest BCUT2D eigenvalue weighted by Crippen LogP contribution is 2.07. The first kappa shape index (κ1) is 21.4. The lowest BCUT2D eigenvalue weighted by Crippen LogP contribution is -2.47. The van der Waals surface area contributed by atoms with Crippen LogP contribution in [0.15, 0.2) is 0 Å². The Morgan fingerprint density at radius 2 is 1.74 bits per heavy atom. The molecule has 0 heterocycles. The standard InChI is InChI=1S/C14H26N2O6S/c1-10(2)9-23(21,22)8-5-13(18)16(11(3)14(19)20)7-6-15-12(4)17/h10-11H,5-9H2,1-4H3,(H,15,17)(H,19,20). The van der Waals surface area contributed by atoms with Crippen molar-refractivity contribution in [3.63, 3.8) is 0 Å². The van der Waals surface area contributed by atoms with E-state index in [0.717, 1.165) is 4.90 Å². The molecule has 1 unspecified atom stereocenters. The van der Waals surface area contributed by atoms with Gasteiger partial charge in [0.15, 0.2) is 9.84 Å². The Morgan fingerprint density at radius 3 is 2.17 bits per heavy atom. The van der Waals surface area contributed by atoms with Crippen LogP contribution < -0.4 is 5.32 Å². The minimum Gasteiger partial charge on any atom is -0.480 e. The van der Waals surface area contributed by atoms with Gasteiger partial charge in [-0.3, -0.25) is 9.59 Å². The summed E-state index contributed by atoms with van der Waals surface area (Å²) in [6.45, 7) is 6.31. The largest absolute Gasteiger partial charge is 0.480 e. The second-order valence-corrected chi connectivity index (χ2v) is 8.07. The van der Waals surface area contributed by atoms with E-state index in [2.05, 4.69) is 5.32 Å². The zero-order valence-electron chi connectivity index (χ0n) is 14.0. The zero-order valence-corrected chi connectivity index (χ0v) is 14.9. The number of rotatable bonds is 10. The normalized spacial score (nSPS) is 12.7. The fourth-order valence-electron chi connectivity index (χ4n) is 2.00. The molecule has 0 aromatic heterocycles. The second-order valence-electron chi connectivity index (χ2n) is 5.84. The maximum absolute atomic E-state index is 12.2. The molecule has 8 nitrogen and oxygen atoms in total. The molecule has 1 atom stereocenters. The van der Waals surface area contributed by atoms with Crippen LogP contribution in [0.5, 0.6) is 0 Å². The summed E-state index contributed by atoms with van der Waals surface area (Å²) in [5, 5.41) is 11.5. The number of carboxylic acids is 1. The average molecular weight is 350 g/mol. The summed E-state index contributed by atoms with van der Waals surface area (Å²) in [6, 6.07) is -1.09. The molecule has 0 aromatic rings. The number of aliphatic carboxylic acids is 1. The molecule has 0 fully saturated rings. The Balaban J connectivity index is 4.79. The number of hydrogen-bond donors (Lipinski definition) is 2. The number of carbonyl (C=O) groups excluding carboxylic acids is 2. The molecule has 134 valence electrons. The van der Waals surface area contributed by atoms with Crippen LogP contribution in [0.25, 0.3) is 0 Å². The van der Waals surface area contributed by atoms with E-state index in [1.807, 2.05) is 0 Å². The first-order valence-electron chi connectivity index (χ1n) is 7.43. The topological polar surface area (TPSA) is 121 Å². The number of carbonyl (C=O) groups is 3. The van der Waals surface area contributed by atoms with Gasteiger partial charge in [0.1, 0.15) is 6.04 Å². The number of nitrogens with one attached hydrogen (secondary N) is 1. The molecule has 9 heteroatoms. The number of carboxylic acid groups (broad SMARTS) is 1. The second kappa shape index (κ2) is 9.49. The summed E-state index contributed by atoms with van der Waals surface area (Å²) in [5.41, 5.74) is 0. The summed E-state index contributed by atoms with van der Waals surface area (Å²) >= 11 is 0. The molecule has 0 aromatic carbocycles. The molecule has 23 heavy (non-hydrogen) atoms. The Bertz CT molecular complexity index is 529. The lowest BCUT2D eigenvalue weighted by atomic mass is 10.2. The minimum atomic E-state index is -3.35. The zero-order chi connectivity index (χ0) is 18.2. The predicted octanol–water partition coefficient (Wildman–Crippen LogP) is -0.115. The molecule has 0 aliphatic heterocycles. The Kier molecular flexibility index (Phi) is 8.81. The van der Waals surface area contributed by atoms with Crippen molar-refractivity contribution in [2.45, 2.75) is 40.2 Å².